The van der Waals surface area contributed by atoms with Gasteiger partial charge in [0, 0.05) is 0 Å². The van der Waals surface area contributed by atoms with Crippen molar-refractivity contribution < 1.29 is 28.7 Å². The quantitative estimate of drug-likeness (QED) is 0.582. The van der Waals surface area contributed by atoms with Gasteiger partial charge in [0.2, 0.25) is 0 Å². The van der Waals surface area contributed by atoms with Gasteiger partial charge >= 0.3 is 20.2 Å². The summed E-state index contributed by atoms with van der Waals surface area (Å²) in [4.78, 5) is 28.2. The number of carbonyl (C=O) groups excluding carboxylic acids is 1. The molecule has 64 valence electrons. The molecular formula is C4H7O6P. The summed E-state index contributed by atoms with van der Waals surface area (Å²) >= 11 is 0. The van der Waals surface area contributed by atoms with Crippen molar-refractivity contribution in [3.8, 4) is 0 Å². The summed E-state index contributed by atoms with van der Waals surface area (Å²) in [5.41, 5.74) is 0. The normalized spacial score (nSPS) is 12.1. The summed E-state index contributed by atoms with van der Waals surface area (Å²) in [5.74, 6) is -2.13. The maximum Gasteiger partial charge on any atom is 0.367 e. The SMILES string of the molecule is O=C(O)CCC(=O)O[PH](=O)O. The standard InChI is InChI=1S/C4H7O6P/c5-3(6)1-2-4(7)10-11(8)9/h11H,1-2H2,(H,5,6)(H,8,9). The van der Waals surface area contributed by atoms with Crippen molar-refractivity contribution in [2.45, 2.75) is 12.8 Å². The van der Waals surface area contributed by atoms with Crippen molar-refractivity contribution in [2.24, 2.45) is 0 Å². The third-order valence-corrected chi connectivity index (χ3v) is 1.15. The lowest BCUT2D eigenvalue weighted by Crippen LogP contribution is -2.03. The molecule has 0 aliphatic heterocycles. The number of rotatable bonds is 4. The van der Waals surface area contributed by atoms with Gasteiger partial charge in [0.05, 0.1) is 12.8 Å². The lowest BCUT2D eigenvalue weighted by molar-refractivity contribution is -0.142. The maximum absolute atomic E-state index is 10.3. The van der Waals surface area contributed by atoms with Crippen LogP contribution in [0, 0.1) is 0 Å². The smallest absolute Gasteiger partial charge is 0.367 e. The van der Waals surface area contributed by atoms with Crippen LogP contribution >= 0.6 is 8.25 Å². The van der Waals surface area contributed by atoms with Crippen LogP contribution in [0.3, 0.4) is 0 Å². The van der Waals surface area contributed by atoms with E-state index in [0.717, 1.165) is 0 Å². The van der Waals surface area contributed by atoms with Gasteiger partial charge in [-0.3, -0.25) is 9.59 Å². The van der Waals surface area contributed by atoms with Crippen LogP contribution < -0.4 is 0 Å². The largest absolute Gasteiger partial charge is 0.481 e. The second kappa shape index (κ2) is 4.87. The van der Waals surface area contributed by atoms with Crippen molar-refractivity contribution in [3.63, 3.8) is 0 Å². The summed E-state index contributed by atoms with van der Waals surface area (Å²) in [5, 5.41) is 8.06. The van der Waals surface area contributed by atoms with Crippen LogP contribution in [0.25, 0.3) is 0 Å². The molecule has 0 saturated carbocycles. The third-order valence-electron chi connectivity index (χ3n) is 0.744. The molecule has 0 heterocycles. The molecule has 1 atom stereocenters. The Morgan fingerprint density at radius 1 is 1.36 bits per heavy atom. The predicted octanol–water partition coefficient (Wildman–Crippen LogP) is -0.224. The van der Waals surface area contributed by atoms with E-state index in [1.807, 2.05) is 0 Å². The molecule has 0 aliphatic carbocycles. The molecule has 0 spiro atoms. The zero-order chi connectivity index (χ0) is 8.85. The molecule has 11 heavy (non-hydrogen) atoms. The minimum Gasteiger partial charge on any atom is -0.481 e. The van der Waals surface area contributed by atoms with E-state index in [1.54, 1.807) is 0 Å². The van der Waals surface area contributed by atoms with Gasteiger partial charge in [0.1, 0.15) is 0 Å². The summed E-state index contributed by atoms with van der Waals surface area (Å²) in [7, 11) is -3.27. The van der Waals surface area contributed by atoms with Gasteiger partial charge in [-0.15, -0.1) is 0 Å². The molecule has 6 nitrogen and oxygen atoms in total. The minimum absolute atomic E-state index is 0.383. The first kappa shape index (κ1) is 10.1. The fourth-order valence-corrected chi connectivity index (χ4v) is 0.654. The number of hydrogen-bond donors (Lipinski definition) is 2. The van der Waals surface area contributed by atoms with Crippen molar-refractivity contribution in [1.82, 2.24) is 0 Å². The van der Waals surface area contributed by atoms with Gasteiger partial charge in [-0.25, -0.2) is 4.57 Å². The van der Waals surface area contributed by atoms with Crippen LogP contribution in [0.2, 0.25) is 0 Å². The Balaban J connectivity index is 3.53. The van der Waals surface area contributed by atoms with Gasteiger partial charge in [-0.1, -0.05) is 0 Å². The van der Waals surface area contributed by atoms with Crippen LogP contribution in [0.1, 0.15) is 12.8 Å². The van der Waals surface area contributed by atoms with Crippen molar-refractivity contribution in [2.75, 3.05) is 0 Å². The first-order valence-electron chi connectivity index (χ1n) is 2.67. The zero-order valence-electron chi connectivity index (χ0n) is 5.44. The Bertz CT molecular complexity index is 187. The molecule has 0 fully saturated rings. The van der Waals surface area contributed by atoms with E-state index in [2.05, 4.69) is 4.52 Å². The molecule has 0 rings (SSSR count). The number of carboxylic acids is 1. The lowest BCUT2D eigenvalue weighted by atomic mass is 10.3. The first-order valence-corrected chi connectivity index (χ1v) is 3.94. The summed E-state index contributed by atoms with van der Waals surface area (Å²) in [6, 6.07) is 0. The zero-order valence-corrected chi connectivity index (χ0v) is 6.44. The molecule has 1 unspecified atom stereocenters. The van der Waals surface area contributed by atoms with E-state index in [4.69, 9.17) is 10.00 Å². The Hall–Kier alpha value is -0.870. The molecule has 0 aromatic rings. The highest BCUT2D eigenvalue weighted by atomic mass is 31.1. The predicted molar refractivity (Wildman–Crippen MR) is 34.2 cm³/mol. The Morgan fingerprint density at radius 2 is 1.91 bits per heavy atom. The van der Waals surface area contributed by atoms with E-state index in [1.165, 1.54) is 0 Å². The fourth-order valence-electron chi connectivity index (χ4n) is 0.357. The Morgan fingerprint density at radius 3 is 2.27 bits per heavy atom. The van der Waals surface area contributed by atoms with E-state index >= 15 is 0 Å². The molecule has 0 amide bonds. The summed E-state index contributed by atoms with van der Waals surface area (Å²) < 4.78 is 13.6. The topological polar surface area (TPSA) is 101 Å². The van der Waals surface area contributed by atoms with Gasteiger partial charge in [-0.2, -0.15) is 0 Å². The first-order chi connectivity index (χ1) is 5.02. The highest BCUT2D eigenvalue weighted by molar-refractivity contribution is 7.32. The van der Waals surface area contributed by atoms with Crippen molar-refractivity contribution in [3.05, 3.63) is 0 Å². The lowest BCUT2D eigenvalue weighted by Gasteiger charge is -1.96. The highest BCUT2D eigenvalue weighted by Gasteiger charge is 2.07. The van der Waals surface area contributed by atoms with Crippen molar-refractivity contribution >= 4 is 20.2 Å². The third kappa shape index (κ3) is 7.02. The van der Waals surface area contributed by atoms with Gasteiger partial charge in [-0.05, 0) is 0 Å². The summed E-state index contributed by atoms with van der Waals surface area (Å²) in [6.45, 7) is 0. The molecule has 0 aromatic heterocycles. The molecule has 0 aromatic carbocycles. The number of carboxylic acid groups (broad SMARTS) is 1. The van der Waals surface area contributed by atoms with E-state index in [-0.39, 0.29) is 6.42 Å². The second-order valence-corrected chi connectivity index (χ2v) is 2.37. The van der Waals surface area contributed by atoms with Crippen LogP contribution in [-0.4, -0.2) is 21.9 Å². The number of hydrogen-bond acceptors (Lipinski definition) is 4. The molecule has 0 radical (unpaired) electrons. The van der Waals surface area contributed by atoms with Crippen LogP contribution in [0.15, 0.2) is 0 Å². The van der Waals surface area contributed by atoms with E-state index in [9.17, 15) is 14.2 Å². The molecular weight excluding hydrogens is 175 g/mol. The average Bonchev–Trinajstić information content (AvgIpc) is 1.82. The Labute approximate surface area is 62.7 Å². The van der Waals surface area contributed by atoms with Crippen LogP contribution in [-0.2, 0) is 18.7 Å². The second-order valence-electron chi connectivity index (χ2n) is 1.63. The van der Waals surface area contributed by atoms with Gasteiger partial charge in [0.15, 0.2) is 0 Å². The fraction of sp³-hybridized carbons (Fsp3) is 0.500. The van der Waals surface area contributed by atoms with Crippen LogP contribution in [0.5, 0.6) is 0 Å². The van der Waals surface area contributed by atoms with Crippen molar-refractivity contribution in [1.29, 1.82) is 0 Å². The number of carbonyl (C=O) groups is 2. The van der Waals surface area contributed by atoms with E-state index in [0.29, 0.717) is 0 Å². The van der Waals surface area contributed by atoms with E-state index < -0.39 is 26.6 Å². The van der Waals surface area contributed by atoms with Gasteiger partial charge in [0.25, 0.3) is 0 Å². The Kier molecular flexibility index (Phi) is 4.49. The number of aliphatic carboxylic acids is 1. The minimum atomic E-state index is -3.27. The van der Waals surface area contributed by atoms with Crippen LogP contribution in [0.4, 0.5) is 0 Å². The summed E-state index contributed by atoms with van der Waals surface area (Å²) in [6.07, 6.45) is -0.778. The molecule has 0 bridgehead atoms. The van der Waals surface area contributed by atoms with Gasteiger partial charge < -0.3 is 14.5 Å². The molecule has 0 aliphatic rings. The molecule has 0 saturated heterocycles. The highest BCUT2D eigenvalue weighted by Crippen LogP contribution is 2.15. The average molecular weight is 182 g/mol. The monoisotopic (exact) mass is 182 g/mol. The molecule has 2 N–H and O–H groups in total. The molecule has 7 heteroatoms. The maximum atomic E-state index is 10.3.